The van der Waals surface area contributed by atoms with E-state index in [1.165, 1.54) is 28.0 Å². The average molecular weight is 539 g/mol. The van der Waals surface area contributed by atoms with Crippen molar-refractivity contribution in [3.05, 3.63) is 51.7 Å². The van der Waals surface area contributed by atoms with Crippen molar-refractivity contribution in [1.29, 1.82) is 5.26 Å². The summed E-state index contributed by atoms with van der Waals surface area (Å²) in [6, 6.07) is 8.81. The van der Waals surface area contributed by atoms with Crippen LogP contribution in [0.2, 0.25) is 0 Å². The lowest BCUT2D eigenvalue weighted by atomic mass is 9.96. The number of nitrogens with zero attached hydrogens (tertiary/aromatic N) is 4. The number of carbonyl (C=O) groups is 2. The molecule has 1 aliphatic carbocycles. The molecule has 1 aromatic carbocycles. The quantitative estimate of drug-likeness (QED) is 0.385. The van der Waals surface area contributed by atoms with Crippen LogP contribution in [-0.2, 0) is 24.7 Å². The molecule has 2 heterocycles. The Labute approximate surface area is 224 Å². The van der Waals surface area contributed by atoms with E-state index in [4.69, 9.17) is 4.74 Å². The highest BCUT2D eigenvalue weighted by atomic mass is 32.2. The Bertz CT molecular complexity index is 1320. The Morgan fingerprint density at radius 1 is 1.22 bits per heavy atom. The Balaban J connectivity index is 1.41. The van der Waals surface area contributed by atoms with E-state index in [0.717, 1.165) is 31.2 Å². The van der Waals surface area contributed by atoms with Crippen molar-refractivity contribution in [3.8, 4) is 11.8 Å². The van der Waals surface area contributed by atoms with Crippen molar-refractivity contribution >= 4 is 39.9 Å². The molecule has 0 saturated heterocycles. The van der Waals surface area contributed by atoms with E-state index < -0.39 is 0 Å². The minimum Gasteiger partial charge on any atom is -0.497 e. The third-order valence-electron chi connectivity index (χ3n) is 6.32. The van der Waals surface area contributed by atoms with Gasteiger partial charge in [0.25, 0.3) is 5.91 Å². The number of aromatic nitrogens is 3. The van der Waals surface area contributed by atoms with Gasteiger partial charge >= 0.3 is 0 Å². The fourth-order valence-corrected chi connectivity index (χ4v) is 6.26. The zero-order chi connectivity index (χ0) is 26.5. The van der Waals surface area contributed by atoms with E-state index in [0.29, 0.717) is 32.9 Å². The highest BCUT2D eigenvalue weighted by Gasteiger charge is 2.26. The highest BCUT2D eigenvalue weighted by molar-refractivity contribution is 7.99. The Hall–Kier alpha value is -3.36. The smallest absolute Gasteiger partial charge is 0.251 e. The van der Waals surface area contributed by atoms with Crippen molar-refractivity contribution in [2.75, 3.05) is 18.2 Å². The van der Waals surface area contributed by atoms with Crippen molar-refractivity contribution in [2.45, 2.75) is 50.7 Å². The Kier molecular flexibility index (Phi) is 8.51. The zero-order valence-corrected chi connectivity index (χ0v) is 23.0. The summed E-state index contributed by atoms with van der Waals surface area (Å²) in [6.45, 7) is 4.00. The largest absolute Gasteiger partial charge is 0.497 e. The van der Waals surface area contributed by atoms with Crippen LogP contribution in [0.1, 0.15) is 64.9 Å². The minimum atomic E-state index is -0.370. The summed E-state index contributed by atoms with van der Waals surface area (Å²) in [5.74, 6) is 1.06. The molecule has 0 unspecified atom stereocenters. The van der Waals surface area contributed by atoms with Gasteiger partial charge in [0, 0.05) is 17.5 Å². The van der Waals surface area contributed by atoms with Crippen LogP contribution in [-0.4, -0.2) is 39.4 Å². The Morgan fingerprint density at radius 3 is 2.62 bits per heavy atom. The summed E-state index contributed by atoms with van der Waals surface area (Å²) in [5.41, 5.74) is 2.22. The van der Waals surface area contributed by atoms with Crippen LogP contribution < -0.4 is 15.4 Å². The SMILES string of the molecule is COc1ccc(C(=O)N[C@@H](c2nnc(SCC(=O)Nc3sc4c(c3C#N)CCCC4)n2C)C(C)C)cc1. The number of thioether (sulfide) groups is 1. The molecular formula is C26H30N6O3S2. The van der Waals surface area contributed by atoms with Gasteiger partial charge in [0.1, 0.15) is 16.8 Å². The molecule has 2 N–H and O–H groups in total. The number of nitrogens with one attached hydrogen (secondary N) is 2. The second-order valence-electron chi connectivity index (χ2n) is 9.19. The molecule has 0 fully saturated rings. The fourth-order valence-electron chi connectivity index (χ4n) is 4.28. The van der Waals surface area contributed by atoms with E-state index in [1.54, 1.807) is 31.4 Å². The van der Waals surface area contributed by atoms with E-state index >= 15 is 0 Å². The maximum absolute atomic E-state index is 12.9. The molecule has 4 rings (SSSR count). The first-order chi connectivity index (χ1) is 17.8. The third kappa shape index (κ3) is 5.97. The molecule has 9 nitrogen and oxygen atoms in total. The fraction of sp³-hybridized carbons (Fsp3) is 0.423. The van der Waals surface area contributed by atoms with E-state index in [-0.39, 0.29) is 29.5 Å². The van der Waals surface area contributed by atoms with Crippen LogP contribution >= 0.6 is 23.1 Å². The monoisotopic (exact) mass is 538 g/mol. The number of anilines is 1. The van der Waals surface area contributed by atoms with Crippen molar-refractivity contribution in [2.24, 2.45) is 13.0 Å². The molecule has 1 aliphatic rings. The summed E-state index contributed by atoms with van der Waals surface area (Å²) in [6.07, 6.45) is 4.06. The summed E-state index contributed by atoms with van der Waals surface area (Å²) < 4.78 is 6.97. The normalized spacial score (nSPS) is 13.5. The van der Waals surface area contributed by atoms with Gasteiger partial charge < -0.3 is 19.9 Å². The molecule has 194 valence electrons. The number of ether oxygens (including phenoxy) is 1. The summed E-state index contributed by atoms with van der Waals surface area (Å²) in [5, 5.41) is 25.4. The number of carbonyl (C=O) groups excluding carboxylic acids is 2. The van der Waals surface area contributed by atoms with E-state index in [2.05, 4.69) is 26.9 Å². The molecule has 0 radical (unpaired) electrons. The van der Waals surface area contributed by atoms with Gasteiger partial charge in [0.05, 0.1) is 24.5 Å². The van der Waals surface area contributed by atoms with Crippen molar-refractivity contribution < 1.29 is 14.3 Å². The van der Waals surface area contributed by atoms with Gasteiger partial charge in [-0.15, -0.1) is 21.5 Å². The number of amides is 2. The van der Waals surface area contributed by atoms with Gasteiger partial charge in [0.15, 0.2) is 11.0 Å². The number of benzene rings is 1. The summed E-state index contributed by atoms with van der Waals surface area (Å²) >= 11 is 2.78. The molecule has 37 heavy (non-hydrogen) atoms. The standard InChI is InChI=1S/C26H30N6O3S2/c1-15(2)22(29-24(34)16-9-11-17(35-4)12-10-16)23-30-31-26(32(23)3)36-14-21(33)28-25-19(13-27)18-7-5-6-8-20(18)37-25/h9-12,15,22H,5-8,14H2,1-4H3,(H,28,33)(H,29,34)/t22-/m1/s1. The molecule has 0 aliphatic heterocycles. The molecule has 0 bridgehead atoms. The van der Waals surface area contributed by atoms with Crippen molar-refractivity contribution in [3.63, 3.8) is 0 Å². The lowest BCUT2D eigenvalue weighted by Gasteiger charge is -2.21. The molecule has 3 aromatic rings. The number of fused-ring (bicyclic) bond motifs is 1. The van der Waals surface area contributed by atoms with Gasteiger partial charge in [-0.3, -0.25) is 9.59 Å². The Morgan fingerprint density at radius 2 is 1.95 bits per heavy atom. The summed E-state index contributed by atoms with van der Waals surface area (Å²) in [4.78, 5) is 26.8. The predicted octanol–water partition coefficient (Wildman–Crippen LogP) is 4.49. The van der Waals surface area contributed by atoms with Crippen LogP contribution in [0, 0.1) is 17.2 Å². The molecular weight excluding hydrogens is 508 g/mol. The first-order valence-corrected chi connectivity index (χ1v) is 13.9. The first kappa shape index (κ1) is 26.7. The maximum atomic E-state index is 12.9. The first-order valence-electron chi connectivity index (χ1n) is 12.1. The number of rotatable bonds is 9. The number of thiophene rings is 1. The van der Waals surface area contributed by atoms with E-state index in [1.807, 2.05) is 25.5 Å². The molecule has 1 atom stereocenters. The lowest BCUT2D eigenvalue weighted by molar-refractivity contribution is -0.113. The van der Waals surface area contributed by atoms with Gasteiger partial charge in [-0.1, -0.05) is 25.6 Å². The average Bonchev–Trinajstić information content (AvgIpc) is 3.44. The predicted molar refractivity (Wildman–Crippen MR) is 144 cm³/mol. The highest BCUT2D eigenvalue weighted by Crippen LogP contribution is 2.37. The minimum absolute atomic E-state index is 0.0560. The number of hydrogen-bond acceptors (Lipinski definition) is 8. The van der Waals surface area contributed by atoms with Crippen LogP contribution in [0.25, 0.3) is 0 Å². The molecule has 2 aromatic heterocycles. The van der Waals surface area contributed by atoms with Gasteiger partial charge in [-0.05, 0) is 61.4 Å². The van der Waals surface area contributed by atoms with Crippen LogP contribution in [0.4, 0.5) is 5.00 Å². The number of hydrogen-bond donors (Lipinski definition) is 2. The van der Waals surface area contributed by atoms with E-state index in [9.17, 15) is 14.9 Å². The van der Waals surface area contributed by atoms with Crippen molar-refractivity contribution in [1.82, 2.24) is 20.1 Å². The van der Waals surface area contributed by atoms with Crippen LogP contribution in [0.3, 0.4) is 0 Å². The molecule has 0 saturated carbocycles. The van der Waals surface area contributed by atoms with Gasteiger partial charge in [-0.2, -0.15) is 5.26 Å². The van der Waals surface area contributed by atoms with Crippen LogP contribution in [0.15, 0.2) is 29.4 Å². The topological polar surface area (TPSA) is 122 Å². The second-order valence-corrected chi connectivity index (χ2v) is 11.2. The second kappa shape index (κ2) is 11.8. The van der Waals surface area contributed by atoms with Crippen LogP contribution in [0.5, 0.6) is 5.75 Å². The number of nitriles is 1. The number of methoxy groups -OCH3 is 1. The lowest BCUT2D eigenvalue weighted by Crippen LogP contribution is -2.33. The zero-order valence-electron chi connectivity index (χ0n) is 21.3. The third-order valence-corrected chi connectivity index (χ3v) is 8.55. The molecule has 2 amide bonds. The molecule has 11 heteroatoms. The van der Waals surface area contributed by atoms with Gasteiger partial charge in [0.2, 0.25) is 5.91 Å². The number of aryl methyl sites for hydroxylation is 1. The summed E-state index contributed by atoms with van der Waals surface area (Å²) in [7, 11) is 3.40. The molecule has 0 spiro atoms. The van der Waals surface area contributed by atoms with Gasteiger partial charge in [-0.25, -0.2) is 0 Å². The maximum Gasteiger partial charge on any atom is 0.251 e.